The van der Waals surface area contributed by atoms with Gasteiger partial charge in [0.25, 0.3) is 10.1 Å². The molecule has 6 nitrogen and oxygen atoms in total. The zero-order chi connectivity index (χ0) is 18.2. The van der Waals surface area contributed by atoms with Crippen LogP contribution >= 0.6 is 0 Å². The molecule has 0 fully saturated rings. The zero-order valence-corrected chi connectivity index (χ0v) is 16.6. The Bertz CT molecular complexity index is 390. The molecule has 0 aromatic carbocycles. The molecule has 0 heterocycles. The Balaban J connectivity index is 0. The van der Waals surface area contributed by atoms with Crippen molar-refractivity contribution in [2.24, 2.45) is 10.8 Å². The van der Waals surface area contributed by atoms with Crippen molar-refractivity contribution in [3.8, 4) is 0 Å². The van der Waals surface area contributed by atoms with Crippen LogP contribution in [0.4, 0.5) is 0 Å². The number of nitrogens with zero attached hydrogens (tertiary/aromatic N) is 2. The molecule has 0 saturated carbocycles. The van der Waals surface area contributed by atoms with E-state index in [4.69, 9.17) is 9.29 Å². The Morgan fingerprint density at radius 3 is 1.50 bits per heavy atom. The van der Waals surface area contributed by atoms with E-state index in [-0.39, 0.29) is 24.0 Å². The van der Waals surface area contributed by atoms with Gasteiger partial charge in [-0.05, 0) is 28.2 Å². The quantitative estimate of drug-likeness (QED) is 0.668. The van der Waals surface area contributed by atoms with Gasteiger partial charge in [0.05, 0.1) is 12.9 Å². The number of rotatable bonds is 8. The van der Waals surface area contributed by atoms with E-state index >= 15 is 0 Å². The van der Waals surface area contributed by atoms with E-state index in [0.717, 1.165) is 19.3 Å². The van der Waals surface area contributed by atoms with E-state index in [0.29, 0.717) is 0 Å². The number of hydrogen-bond donors (Lipinski definition) is 1. The molecule has 0 atom stereocenters. The highest BCUT2D eigenvalue weighted by atomic mass is 32.2. The second kappa shape index (κ2) is 9.82. The third kappa shape index (κ3) is 17.8. The van der Waals surface area contributed by atoms with E-state index in [1.165, 1.54) is 0 Å². The maximum Gasteiger partial charge on any atom is 0.264 e. The van der Waals surface area contributed by atoms with Gasteiger partial charge in [-0.1, -0.05) is 27.7 Å². The summed E-state index contributed by atoms with van der Waals surface area (Å²) in [7, 11) is 4.60. The van der Waals surface area contributed by atoms with Crippen LogP contribution in [0.2, 0.25) is 0 Å². The Labute approximate surface area is 137 Å². The van der Waals surface area contributed by atoms with Gasteiger partial charge in [-0.15, -0.1) is 0 Å². The second-order valence-corrected chi connectivity index (χ2v) is 9.57. The molecule has 0 aromatic rings. The van der Waals surface area contributed by atoms with Gasteiger partial charge in [-0.25, -0.2) is 0 Å². The molecule has 0 aromatic heterocycles. The average molecular weight is 341 g/mol. The highest BCUT2D eigenvalue weighted by molar-refractivity contribution is 7.85. The van der Waals surface area contributed by atoms with Gasteiger partial charge in [0, 0.05) is 30.5 Å². The zero-order valence-electron chi connectivity index (χ0n) is 15.8. The van der Waals surface area contributed by atoms with Gasteiger partial charge in [-0.3, -0.25) is 4.18 Å². The molecule has 0 aliphatic carbocycles. The molecule has 0 aliphatic heterocycles. The first-order valence-corrected chi connectivity index (χ1v) is 9.17. The van der Waals surface area contributed by atoms with Crippen molar-refractivity contribution in [3.63, 3.8) is 0 Å². The van der Waals surface area contributed by atoms with E-state index < -0.39 is 10.1 Å². The Morgan fingerprint density at radius 2 is 1.27 bits per heavy atom. The lowest BCUT2D eigenvalue weighted by atomic mass is 9.95. The minimum absolute atomic E-state index is 0.0451. The average Bonchev–Trinajstić information content (AvgIpc) is 2.23. The maximum absolute atomic E-state index is 10.7. The van der Waals surface area contributed by atoms with E-state index in [9.17, 15) is 8.42 Å². The van der Waals surface area contributed by atoms with Crippen LogP contribution in [0.3, 0.4) is 0 Å². The Kier molecular flexibility index (Phi) is 10.7. The fraction of sp³-hybridized carbons (Fsp3) is 1.00. The third-order valence-electron chi connectivity index (χ3n) is 2.58. The van der Waals surface area contributed by atoms with Gasteiger partial charge in [-0.2, -0.15) is 8.42 Å². The van der Waals surface area contributed by atoms with Crippen LogP contribution in [-0.2, 0) is 14.3 Å². The molecule has 0 bridgehead atoms. The van der Waals surface area contributed by atoms with Crippen LogP contribution in [0.5, 0.6) is 0 Å². The smallest absolute Gasteiger partial charge is 0.264 e. The largest absolute Gasteiger partial charge is 0.396 e. The summed E-state index contributed by atoms with van der Waals surface area (Å²) in [5, 5.41) is 8.82. The topological polar surface area (TPSA) is 70.1 Å². The van der Waals surface area contributed by atoms with Crippen LogP contribution < -0.4 is 0 Å². The standard InChI is InChI=1S/C8H19NO3S.C7H17NO/c1-8(2,6-9(3)4)7-12-13(5,10)11;1-7(2,6-9)5-8(3)4/h6-7H2,1-5H3;9H,5-6H2,1-4H3. The molecular weight excluding hydrogens is 304 g/mol. The van der Waals surface area contributed by atoms with Gasteiger partial charge in [0.2, 0.25) is 0 Å². The molecule has 0 unspecified atom stereocenters. The van der Waals surface area contributed by atoms with E-state index in [2.05, 4.69) is 4.90 Å². The molecule has 0 spiro atoms. The Morgan fingerprint density at radius 1 is 0.909 bits per heavy atom. The van der Waals surface area contributed by atoms with Crippen molar-refractivity contribution in [3.05, 3.63) is 0 Å². The van der Waals surface area contributed by atoms with E-state index in [1.807, 2.05) is 60.8 Å². The summed E-state index contributed by atoms with van der Waals surface area (Å²) in [6.07, 6.45) is 1.07. The molecule has 136 valence electrons. The normalized spacial score (nSPS) is 13.3. The van der Waals surface area contributed by atoms with Crippen LogP contribution in [0.25, 0.3) is 0 Å². The van der Waals surface area contributed by atoms with Crippen molar-refractivity contribution in [2.45, 2.75) is 27.7 Å². The maximum atomic E-state index is 10.7. The lowest BCUT2D eigenvalue weighted by Crippen LogP contribution is -2.33. The predicted molar refractivity (Wildman–Crippen MR) is 92.6 cm³/mol. The van der Waals surface area contributed by atoms with Crippen molar-refractivity contribution in [2.75, 3.05) is 60.7 Å². The monoisotopic (exact) mass is 340 g/mol. The highest BCUT2D eigenvalue weighted by Gasteiger charge is 2.21. The third-order valence-corrected chi connectivity index (χ3v) is 3.13. The Hall–Kier alpha value is -0.210. The minimum atomic E-state index is -3.31. The molecule has 7 heteroatoms. The van der Waals surface area contributed by atoms with Gasteiger partial charge in [0.1, 0.15) is 0 Å². The SMILES string of the molecule is CN(C)CC(C)(C)CO.CN(C)CC(C)(C)COS(C)(=O)=O. The summed E-state index contributed by atoms with van der Waals surface area (Å²) in [5.74, 6) is 0. The summed E-state index contributed by atoms with van der Waals surface area (Å²) < 4.78 is 26.2. The van der Waals surface area contributed by atoms with Crippen LogP contribution in [0, 0.1) is 10.8 Å². The fourth-order valence-corrected chi connectivity index (χ4v) is 2.61. The van der Waals surface area contributed by atoms with Crippen molar-refractivity contribution in [1.29, 1.82) is 0 Å². The van der Waals surface area contributed by atoms with Gasteiger partial charge < -0.3 is 14.9 Å². The summed E-state index contributed by atoms with van der Waals surface area (Å²) in [5.41, 5.74) is -0.101. The number of aliphatic hydroxyl groups excluding tert-OH is 1. The van der Waals surface area contributed by atoms with E-state index in [1.54, 1.807) is 0 Å². The molecule has 22 heavy (non-hydrogen) atoms. The lowest BCUT2D eigenvalue weighted by Gasteiger charge is -2.27. The van der Waals surface area contributed by atoms with Crippen molar-refractivity contribution < 1.29 is 17.7 Å². The number of hydrogen-bond acceptors (Lipinski definition) is 6. The number of aliphatic hydroxyl groups is 1. The first-order valence-electron chi connectivity index (χ1n) is 7.35. The summed E-state index contributed by atoms with van der Waals surface area (Å²) in [6.45, 7) is 10.2. The first kappa shape index (κ1) is 24.0. The lowest BCUT2D eigenvalue weighted by molar-refractivity contribution is 0.125. The fourth-order valence-electron chi connectivity index (χ4n) is 2.07. The predicted octanol–water partition coefficient (Wildman–Crippen LogP) is 1.12. The molecular formula is C15H36N2O4S. The molecule has 0 rings (SSSR count). The van der Waals surface area contributed by atoms with Crippen LogP contribution in [-0.4, -0.2) is 84.1 Å². The highest BCUT2D eigenvalue weighted by Crippen LogP contribution is 2.17. The molecule has 1 N–H and O–H groups in total. The summed E-state index contributed by atoms with van der Waals surface area (Å²) >= 11 is 0. The molecule has 0 saturated heterocycles. The van der Waals surface area contributed by atoms with Crippen molar-refractivity contribution in [1.82, 2.24) is 9.80 Å². The summed E-state index contributed by atoms with van der Waals surface area (Å²) in [4.78, 5) is 4.09. The van der Waals surface area contributed by atoms with Gasteiger partial charge >= 0.3 is 0 Å². The minimum Gasteiger partial charge on any atom is -0.396 e. The second-order valence-electron chi connectivity index (χ2n) is 7.93. The summed E-state index contributed by atoms with van der Waals surface area (Å²) in [6, 6.07) is 0. The van der Waals surface area contributed by atoms with Crippen LogP contribution in [0.1, 0.15) is 27.7 Å². The van der Waals surface area contributed by atoms with Gasteiger partial charge in [0.15, 0.2) is 0 Å². The van der Waals surface area contributed by atoms with Crippen LogP contribution in [0.15, 0.2) is 0 Å². The molecule has 0 amide bonds. The molecule has 0 aliphatic rings. The van der Waals surface area contributed by atoms with Crippen molar-refractivity contribution >= 4 is 10.1 Å². The first-order chi connectivity index (χ1) is 9.60. The molecule has 0 radical (unpaired) electrons.